The van der Waals surface area contributed by atoms with Gasteiger partial charge in [-0.3, -0.25) is 0 Å². The lowest BCUT2D eigenvalue weighted by atomic mass is 9.63. The van der Waals surface area contributed by atoms with E-state index in [1.54, 1.807) is 0 Å². The van der Waals surface area contributed by atoms with Gasteiger partial charge in [-0.1, -0.05) is 19.3 Å². The fraction of sp³-hybridized carbons (Fsp3) is 1.00. The predicted octanol–water partition coefficient (Wildman–Crippen LogP) is 3.12. The number of aliphatic hydroxyl groups excluding tert-OH is 1. The minimum atomic E-state index is 0.427. The first-order chi connectivity index (χ1) is 6.35. The molecule has 0 atom stereocenters. The van der Waals surface area contributed by atoms with Gasteiger partial charge in [0.15, 0.2) is 0 Å². The third-order valence-electron chi connectivity index (χ3n) is 4.34. The summed E-state index contributed by atoms with van der Waals surface area (Å²) < 4.78 is 0. The second kappa shape index (κ2) is 4.00. The van der Waals surface area contributed by atoms with Crippen LogP contribution in [0.1, 0.15) is 57.8 Å². The van der Waals surface area contributed by atoms with E-state index in [4.69, 9.17) is 5.11 Å². The smallest absolute Gasteiger partial charge is 0.0459 e. The van der Waals surface area contributed by atoms with Crippen molar-refractivity contribution in [2.24, 2.45) is 11.3 Å². The molecule has 2 rings (SSSR count). The van der Waals surface area contributed by atoms with Crippen LogP contribution < -0.4 is 0 Å². The van der Waals surface area contributed by atoms with E-state index < -0.39 is 0 Å². The molecule has 13 heavy (non-hydrogen) atoms. The zero-order chi connectivity index (χ0) is 9.15. The van der Waals surface area contributed by atoms with Crippen molar-refractivity contribution in [1.82, 2.24) is 0 Å². The van der Waals surface area contributed by atoms with Crippen molar-refractivity contribution >= 4 is 0 Å². The van der Waals surface area contributed by atoms with Crippen molar-refractivity contribution in [2.45, 2.75) is 57.8 Å². The van der Waals surface area contributed by atoms with Crippen molar-refractivity contribution in [2.75, 3.05) is 6.61 Å². The van der Waals surface area contributed by atoms with E-state index >= 15 is 0 Å². The second-order valence-electron chi connectivity index (χ2n) is 5.19. The molecule has 1 nitrogen and oxygen atoms in total. The zero-order valence-electron chi connectivity index (χ0n) is 8.60. The molecule has 2 fully saturated rings. The van der Waals surface area contributed by atoms with Crippen LogP contribution in [0.3, 0.4) is 0 Å². The second-order valence-corrected chi connectivity index (χ2v) is 5.19. The van der Waals surface area contributed by atoms with E-state index in [1.165, 1.54) is 57.8 Å². The molecule has 0 saturated heterocycles. The average molecular weight is 182 g/mol. The third-order valence-corrected chi connectivity index (χ3v) is 4.34. The summed E-state index contributed by atoms with van der Waals surface area (Å²) in [4.78, 5) is 0. The Morgan fingerprint density at radius 2 is 1.54 bits per heavy atom. The fourth-order valence-electron chi connectivity index (χ4n) is 3.27. The Labute approximate surface area is 81.5 Å². The molecule has 0 heterocycles. The summed E-state index contributed by atoms with van der Waals surface area (Å²) in [6.45, 7) is 0.427. The van der Waals surface area contributed by atoms with E-state index in [9.17, 15) is 0 Å². The molecule has 76 valence electrons. The van der Waals surface area contributed by atoms with Crippen LogP contribution in [0, 0.1) is 11.3 Å². The molecule has 0 aromatic carbocycles. The molecular weight excluding hydrogens is 160 g/mol. The molecule has 0 aromatic heterocycles. The van der Waals surface area contributed by atoms with Crippen LogP contribution in [-0.4, -0.2) is 11.7 Å². The summed E-state index contributed by atoms with van der Waals surface area (Å²) in [5.41, 5.74) is 0.726. The van der Waals surface area contributed by atoms with Crippen LogP contribution in [0.15, 0.2) is 0 Å². The topological polar surface area (TPSA) is 20.2 Å². The molecule has 1 heteroatoms. The molecule has 0 aromatic rings. The summed E-state index contributed by atoms with van der Waals surface area (Å²) in [6, 6.07) is 0. The maximum absolute atomic E-state index is 9.08. The summed E-state index contributed by atoms with van der Waals surface area (Å²) >= 11 is 0. The first kappa shape index (κ1) is 9.51. The van der Waals surface area contributed by atoms with Crippen molar-refractivity contribution < 1.29 is 5.11 Å². The standard InChI is InChI=1S/C12H22O/c13-10-11-4-8-12(9-5-11)6-2-1-3-7-12/h11,13H,1-10H2. The largest absolute Gasteiger partial charge is 0.396 e. The van der Waals surface area contributed by atoms with E-state index in [0.29, 0.717) is 12.5 Å². The van der Waals surface area contributed by atoms with Gasteiger partial charge in [0.2, 0.25) is 0 Å². The van der Waals surface area contributed by atoms with Crippen molar-refractivity contribution in [3.8, 4) is 0 Å². The predicted molar refractivity (Wildman–Crippen MR) is 54.6 cm³/mol. The molecule has 0 bridgehead atoms. The van der Waals surface area contributed by atoms with Crippen LogP contribution >= 0.6 is 0 Å². The molecule has 2 aliphatic rings. The Hall–Kier alpha value is -0.0400. The normalized spacial score (nSPS) is 29.3. The number of hydrogen-bond acceptors (Lipinski definition) is 1. The van der Waals surface area contributed by atoms with Gasteiger partial charge >= 0.3 is 0 Å². The Kier molecular flexibility index (Phi) is 2.92. The van der Waals surface area contributed by atoms with Gasteiger partial charge in [0.25, 0.3) is 0 Å². The molecule has 2 saturated carbocycles. The van der Waals surface area contributed by atoms with Crippen molar-refractivity contribution in [3.63, 3.8) is 0 Å². The van der Waals surface area contributed by atoms with Gasteiger partial charge in [0.05, 0.1) is 0 Å². The number of aliphatic hydroxyl groups is 1. The first-order valence-corrected chi connectivity index (χ1v) is 5.96. The maximum atomic E-state index is 9.08. The van der Waals surface area contributed by atoms with Gasteiger partial charge in [-0.15, -0.1) is 0 Å². The SMILES string of the molecule is OCC1CCC2(CCCCC2)CC1. The van der Waals surface area contributed by atoms with E-state index in [1.807, 2.05) is 0 Å². The van der Waals surface area contributed by atoms with Crippen LogP contribution in [-0.2, 0) is 0 Å². The third kappa shape index (κ3) is 2.07. The highest BCUT2D eigenvalue weighted by atomic mass is 16.3. The average Bonchev–Trinajstić information content (AvgIpc) is 2.20. The molecule has 0 unspecified atom stereocenters. The van der Waals surface area contributed by atoms with Crippen LogP contribution in [0.25, 0.3) is 0 Å². The van der Waals surface area contributed by atoms with Crippen LogP contribution in [0.5, 0.6) is 0 Å². The Bertz CT molecular complexity index is 149. The lowest BCUT2D eigenvalue weighted by Gasteiger charge is -2.42. The fourth-order valence-corrected chi connectivity index (χ4v) is 3.27. The Balaban J connectivity index is 1.87. The van der Waals surface area contributed by atoms with Crippen LogP contribution in [0.4, 0.5) is 0 Å². The van der Waals surface area contributed by atoms with Gasteiger partial charge in [-0.25, -0.2) is 0 Å². The van der Waals surface area contributed by atoms with E-state index in [0.717, 1.165) is 5.41 Å². The molecule has 0 amide bonds. The van der Waals surface area contributed by atoms with Gasteiger partial charge in [0, 0.05) is 6.61 Å². The lowest BCUT2D eigenvalue weighted by molar-refractivity contribution is 0.0739. The summed E-state index contributed by atoms with van der Waals surface area (Å²) in [5.74, 6) is 0.632. The molecular formula is C12H22O. The molecule has 1 spiro atoms. The monoisotopic (exact) mass is 182 g/mol. The van der Waals surface area contributed by atoms with E-state index in [-0.39, 0.29) is 0 Å². The van der Waals surface area contributed by atoms with Crippen molar-refractivity contribution in [3.05, 3.63) is 0 Å². The van der Waals surface area contributed by atoms with Gasteiger partial charge < -0.3 is 5.11 Å². The first-order valence-electron chi connectivity index (χ1n) is 5.96. The maximum Gasteiger partial charge on any atom is 0.0459 e. The van der Waals surface area contributed by atoms with Gasteiger partial charge in [0.1, 0.15) is 0 Å². The Morgan fingerprint density at radius 1 is 0.923 bits per heavy atom. The van der Waals surface area contributed by atoms with Crippen molar-refractivity contribution in [1.29, 1.82) is 0 Å². The Morgan fingerprint density at radius 3 is 2.08 bits per heavy atom. The quantitative estimate of drug-likeness (QED) is 0.660. The molecule has 0 aliphatic heterocycles. The lowest BCUT2D eigenvalue weighted by Crippen LogP contribution is -2.30. The highest BCUT2D eigenvalue weighted by Gasteiger charge is 2.35. The summed E-state index contributed by atoms with van der Waals surface area (Å²) in [5, 5.41) is 9.08. The minimum Gasteiger partial charge on any atom is -0.396 e. The molecule has 0 radical (unpaired) electrons. The summed E-state index contributed by atoms with van der Waals surface area (Å²) in [7, 11) is 0. The van der Waals surface area contributed by atoms with Crippen LogP contribution in [0.2, 0.25) is 0 Å². The van der Waals surface area contributed by atoms with Gasteiger partial charge in [-0.05, 0) is 49.9 Å². The molecule has 1 N–H and O–H groups in total. The number of rotatable bonds is 1. The molecule has 2 aliphatic carbocycles. The highest BCUT2D eigenvalue weighted by Crippen LogP contribution is 2.48. The zero-order valence-corrected chi connectivity index (χ0v) is 8.60. The highest BCUT2D eigenvalue weighted by molar-refractivity contribution is 4.87. The number of hydrogen-bond donors (Lipinski definition) is 1. The summed E-state index contributed by atoms with van der Waals surface area (Å²) in [6.07, 6.45) is 12.7. The van der Waals surface area contributed by atoms with Gasteiger partial charge in [-0.2, -0.15) is 0 Å². The van der Waals surface area contributed by atoms with E-state index in [2.05, 4.69) is 0 Å². The minimum absolute atomic E-state index is 0.427.